The largest absolute Gasteiger partial charge is 0.311 e. The summed E-state index contributed by atoms with van der Waals surface area (Å²) in [5.41, 5.74) is 12.7. The quantitative estimate of drug-likeness (QED) is 0.305. The lowest BCUT2D eigenvalue weighted by atomic mass is 9.33. The molecule has 0 radical (unpaired) electrons. The molecule has 0 unspecified atom stereocenters. The molecule has 0 atom stereocenters. The number of anilines is 6. The minimum Gasteiger partial charge on any atom is -0.311 e. The first-order valence-electron chi connectivity index (χ1n) is 11.8. The van der Waals surface area contributed by atoms with Crippen LogP contribution in [0.15, 0.2) is 121 Å². The molecule has 0 saturated heterocycles. The van der Waals surface area contributed by atoms with Crippen molar-refractivity contribution in [2.24, 2.45) is 0 Å². The monoisotopic (exact) mass is 434 g/mol. The fraction of sp³-hybridized carbons (Fsp3) is 0.0323. The van der Waals surface area contributed by atoms with E-state index >= 15 is 0 Å². The van der Waals surface area contributed by atoms with E-state index in [1.54, 1.807) is 0 Å². The van der Waals surface area contributed by atoms with Crippen molar-refractivity contribution in [3.8, 4) is 0 Å². The summed E-state index contributed by atoms with van der Waals surface area (Å²) in [5.74, 6) is 0. The Kier molecular flexibility index (Phi) is 4.19. The molecule has 0 amide bonds. The van der Waals surface area contributed by atoms with Crippen LogP contribution in [0.25, 0.3) is 0 Å². The summed E-state index contributed by atoms with van der Waals surface area (Å²) >= 11 is 0. The average Bonchev–Trinajstić information content (AvgIpc) is 2.89. The second-order valence-electron chi connectivity index (χ2n) is 9.11. The van der Waals surface area contributed by atoms with E-state index in [1.807, 2.05) is 0 Å². The van der Waals surface area contributed by atoms with Gasteiger partial charge in [-0.15, -0.1) is 0 Å². The molecular weight excluding hydrogens is 411 g/mol. The van der Waals surface area contributed by atoms with Crippen molar-refractivity contribution in [3.05, 3.63) is 127 Å². The van der Waals surface area contributed by atoms with Crippen LogP contribution in [-0.2, 0) is 0 Å². The molecule has 3 heteroatoms. The van der Waals surface area contributed by atoms with Crippen molar-refractivity contribution in [1.29, 1.82) is 0 Å². The van der Waals surface area contributed by atoms with Gasteiger partial charge in [0.1, 0.15) is 0 Å². The Labute approximate surface area is 200 Å². The Bertz CT molecular complexity index is 1530. The zero-order chi connectivity index (χ0) is 22.6. The molecule has 7 rings (SSSR count). The van der Waals surface area contributed by atoms with Gasteiger partial charge < -0.3 is 9.80 Å². The molecule has 2 aliphatic rings. The summed E-state index contributed by atoms with van der Waals surface area (Å²) in [4.78, 5) is 4.86. The summed E-state index contributed by atoms with van der Waals surface area (Å²) in [6.45, 7) is 2.37. The van der Waals surface area contributed by atoms with Crippen molar-refractivity contribution in [1.82, 2.24) is 0 Å². The first kappa shape index (κ1) is 19.3. The van der Waals surface area contributed by atoms with Crippen LogP contribution in [0.1, 0.15) is 5.56 Å². The number of fused-ring (bicyclic) bond motifs is 4. The van der Waals surface area contributed by atoms with E-state index in [0.29, 0.717) is 0 Å². The molecule has 2 heterocycles. The molecule has 0 saturated carbocycles. The number of para-hydroxylation sites is 3. The zero-order valence-corrected chi connectivity index (χ0v) is 19.0. The highest BCUT2D eigenvalue weighted by atomic mass is 15.2. The van der Waals surface area contributed by atoms with Crippen LogP contribution in [-0.4, -0.2) is 6.71 Å². The van der Waals surface area contributed by atoms with Gasteiger partial charge in [0.2, 0.25) is 0 Å². The maximum atomic E-state index is 2.44. The topological polar surface area (TPSA) is 6.48 Å². The molecule has 2 aliphatic heterocycles. The third-order valence-electron chi connectivity index (χ3n) is 7.09. The SMILES string of the molecule is Cc1ccc2c(c1)N(c1ccccc1)c1cccc3c1B2c1ccccc1N3c1ccccc1. The first-order chi connectivity index (χ1) is 16.8. The maximum Gasteiger partial charge on any atom is 0.252 e. The lowest BCUT2D eigenvalue weighted by Gasteiger charge is -2.44. The Balaban J connectivity index is 1.59. The molecule has 2 nitrogen and oxygen atoms in total. The van der Waals surface area contributed by atoms with E-state index in [1.165, 1.54) is 56.1 Å². The van der Waals surface area contributed by atoms with E-state index in [4.69, 9.17) is 0 Å². The van der Waals surface area contributed by atoms with E-state index in [-0.39, 0.29) is 6.71 Å². The van der Waals surface area contributed by atoms with Gasteiger partial charge in [-0.1, -0.05) is 72.8 Å². The lowest BCUT2D eigenvalue weighted by molar-refractivity contribution is 1.25. The highest BCUT2D eigenvalue weighted by molar-refractivity contribution is 7.00. The van der Waals surface area contributed by atoms with Gasteiger partial charge in [-0.25, -0.2) is 0 Å². The van der Waals surface area contributed by atoms with Gasteiger partial charge in [0.05, 0.1) is 0 Å². The van der Waals surface area contributed by atoms with Crippen LogP contribution in [0.3, 0.4) is 0 Å². The van der Waals surface area contributed by atoms with Crippen LogP contribution in [0.4, 0.5) is 34.1 Å². The Morgan fingerprint density at radius 2 is 1.00 bits per heavy atom. The molecule has 0 fully saturated rings. The van der Waals surface area contributed by atoms with Crippen LogP contribution in [0.5, 0.6) is 0 Å². The van der Waals surface area contributed by atoms with Gasteiger partial charge in [-0.3, -0.25) is 0 Å². The van der Waals surface area contributed by atoms with Crippen molar-refractivity contribution < 1.29 is 0 Å². The van der Waals surface area contributed by atoms with E-state index in [0.717, 1.165) is 0 Å². The van der Waals surface area contributed by atoms with E-state index in [9.17, 15) is 0 Å². The van der Waals surface area contributed by atoms with Crippen molar-refractivity contribution in [2.75, 3.05) is 9.80 Å². The van der Waals surface area contributed by atoms with Gasteiger partial charge in [-0.05, 0) is 77.4 Å². The molecule has 0 N–H and O–H groups in total. The van der Waals surface area contributed by atoms with Crippen LogP contribution < -0.4 is 26.2 Å². The number of aryl methyl sites for hydroxylation is 1. The molecule has 0 aromatic heterocycles. The second-order valence-corrected chi connectivity index (χ2v) is 9.11. The number of hydrogen-bond donors (Lipinski definition) is 0. The van der Waals surface area contributed by atoms with E-state index < -0.39 is 0 Å². The van der Waals surface area contributed by atoms with Gasteiger partial charge in [0.15, 0.2) is 0 Å². The Morgan fingerprint density at radius 1 is 0.471 bits per heavy atom. The normalized spacial score (nSPS) is 13.3. The summed E-state index contributed by atoms with van der Waals surface area (Å²) < 4.78 is 0. The minimum absolute atomic E-state index is 0.193. The Morgan fingerprint density at radius 3 is 1.68 bits per heavy atom. The smallest absolute Gasteiger partial charge is 0.252 e. The molecule has 34 heavy (non-hydrogen) atoms. The zero-order valence-electron chi connectivity index (χ0n) is 19.0. The molecule has 5 aromatic carbocycles. The van der Waals surface area contributed by atoms with Crippen LogP contribution in [0.2, 0.25) is 0 Å². The van der Waals surface area contributed by atoms with Crippen molar-refractivity contribution >= 4 is 57.2 Å². The predicted molar refractivity (Wildman–Crippen MR) is 145 cm³/mol. The first-order valence-corrected chi connectivity index (χ1v) is 11.8. The number of nitrogens with zero attached hydrogens (tertiary/aromatic N) is 2. The minimum atomic E-state index is 0.193. The summed E-state index contributed by atoms with van der Waals surface area (Å²) in [7, 11) is 0. The standard InChI is InChI=1S/C31H23BN2/c1-22-19-20-26-30(21-22)34(24-13-6-3-7-14-24)29-18-10-17-28-31(29)32(26)25-15-8-9-16-27(25)33(28)23-11-4-2-5-12-23/h2-21H,1H3. The van der Waals surface area contributed by atoms with Crippen LogP contribution >= 0.6 is 0 Å². The number of benzene rings is 5. The second kappa shape index (κ2) is 7.39. The highest BCUT2D eigenvalue weighted by Crippen LogP contribution is 2.43. The molecule has 5 aromatic rings. The number of rotatable bonds is 2. The third-order valence-corrected chi connectivity index (χ3v) is 7.09. The van der Waals surface area contributed by atoms with Gasteiger partial charge >= 0.3 is 0 Å². The third kappa shape index (κ3) is 2.70. The highest BCUT2D eigenvalue weighted by Gasteiger charge is 2.42. The van der Waals surface area contributed by atoms with Crippen LogP contribution in [0, 0.1) is 6.92 Å². The average molecular weight is 434 g/mol. The number of hydrogen-bond acceptors (Lipinski definition) is 2. The molecule has 160 valence electrons. The van der Waals surface area contributed by atoms with Crippen molar-refractivity contribution in [2.45, 2.75) is 6.92 Å². The molecule has 0 bridgehead atoms. The fourth-order valence-electron chi connectivity index (χ4n) is 5.70. The summed E-state index contributed by atoms with van der Waals surface area (Å²) in [6, 6.07) is 44.0. The summed E-state index contributed by atoms with van der Waals surface area (Å²) in [6.07, 6.45) is 0. The molecule has 0 spiro atoms. The fourth-order valence-corrected chi connectivity index (χ4v) is 5.70. The van der Waals surface area contributed by atoms with Gasteiger partial charge in [0.25, 0.3) is 6.71 Å². The maximum absolute atomic E-state index is 2.44. The lowest BCUT2D eigenvalue weighted by Crippen LogP contribution is -2.61. The van der Waals surface area contributed by atoms with E-state index in [2.05, 4.69) is 138 Å². The molecule has 0 aliphatic carbocycles. The Hall–Kier alpha value is -4.24. The summed E-state index contributed by atoms with van der Waals surface area (Å²) in [5, 5.41) is 0. The van der Waals surface area contributed by atoms with Gasteiger partial charge in [0, 0.05) is 34.1 Å². The predicted octanol–water partition coefficient (Wildman–Crippen LogP) is 6.08. The molecular formula is C31H23BN2. The van der Waals surface area contributed by atoms with Crippen molar-refractivity contribution in [3.63, 3.8) is 0 Å². The van der Waals surface area contributed by atoms with Gasteiger partial charge in [-0.2, -0.15) is 0 Å².